The lowest BCUT2D eigenvalue weighted by molar-refractivity contribution is -0.119. The van der Waals surface area contributed by atoms with Gasteiger partial charge >= 0.3 is 0 Å². The standard InChI is InChI=1S/C22H28N4O2S/c1-12-8-9-13(2)17(10-12)23-20(27)15(4)26-18(11-25(6)7)24-21-19(22(26)28)14(3)16(5)29-21/h8-10,15H,11H2,1-7H3,(H,23,27). The zero-order valence-electron chi connectivity index (χ0n) is 18.1. The van der Waals surface area contributed by atoms with Crippen molar-refractivity contribution in [3.8, 4) is 0 Å². The van der Waals surface area contributed by atoms with E-state index < -0.39 is 6.04 Å². The van der Waals surface area contributed by atoms with Crippen LogP contribution in [0.3, 0.4) is 0 Å². The number of thiophene rings is 1. The molecule has 1 N–H and O–H groups in total. The Balaban J connectivity index is 2.09. The minimum Gasteiger partial charge on any atom is -0.324 e. The van der Waals surface area contributed by atoms with Crippen LogP contribution in [0.1, 0.15) is 40.4 Å². The zero-order valence-corrected chi connectivity index (χ0v) is 18.9. The molecule has 0 saturated carbocycles. The Morgan fingerprint density at radius 1 is 1.24 bits per heavy atom. The lowest BCUT2D eigenvalue weighted by Gasteiger charge is -2.21. The monoisotopic (exact) mass is 412 g/mol. The first-order valence-electron chi connectivity index (χ1n) is 9.64. The molecule has 3 aromatic rings. The molecular formula is C22H28N4O2S. The Kier molecular flexibility index (Phi) is 5.91. The fraction of sp³-hybridized carbons (Fsp3) is 0.409. The van der Waals surface area contributed by atoms with Gasteiger partial charge in [-0.25, -0.2) is 4.98 Å². The van der Waals surface area contributed by atoms with Crippen LogP contribution in [0.5, 0.6) is 0 Å². The predicted molar refractivity (Wildman–Crippen MR) is 120 cm³/mol. The smallest absolute Gasteiger partial charge is 0.263 e. The SMILES string of the molecule is Cc1ccc(C)c(NC(=O)C(C)n2c(CN(C)C)nc3sc(C)c(C)c3c2=O)c1. The van der Waals surface area contributed by atoms with E-state index in [0.29, 0.717) is 17.8 Å². The summed E-state index contributed by atoms with van der Waals surface area (Å²) in [5, 5.41) is 3.60. The summed E-state index contributed by atoms with van der Waals surface area (Å²) in [7, 11) is 3.85. The third-order valence-corrected chi connectivity index (χ3v) is 6.28. The Morgan fingerprint density at radius 2 is 1.93 bits per heavy atom. The Bertz CT molecular complexity index is 1140. The van der Waals surface area contributed by atoms with Crippen LogP contribution >= 0.6 is 11.3 Å². The molecule has 3 rings (SSSR count). The molecule has 0 radical (unpaired) electrons. The number of aryl methyl sites for hydroxylation is 4. The second-order valence-corrected chi connectivity index (χ2v) is 9.09. The molecule has 0 bridgehead atoms. The number of aromatic nitrogens is 2. The van der Waals surface area contributed by atoms with Crippen molar-refractivity contribution in [2.24, 2.45) is 0 Å². The Hall–Kier alpha value is -2.51. The number of carbonyl (C=O) groups is 1. The fourth-order valence-corrected chi connectivity index (χ4v) is 4.41. The molecule has 1 amide bonds. The molecule has 154 valence electrons. The molecule has 29 heavy (non-hydrogen) atoms. The van der Waals surface area contributed by atoms with Crippen LogP contribution in [-0.2, 0) is 11.3 Å². The summed E-state index contributed by atoms with van der Waals surface area (Å²) in [5.74, 6) is 0.365. The van der Waals surface area contributed by atoms with Gasteiger partial charge in [0.25, 0.3) is 5.56 Å². The Labute approximate surface area is 175 Å². The van der Waals surface area contributed by atoms with Crippen molar-refractivity contribution in [1.29, 1.82) is 0 Å². The van der Waals surface area contributed by atoms with E-state index in [9.17, 15) is 9.59 Å². The number of hydrogen-bond donors (Lipinski definition) is 1. The molecule has 0 aliphatic carbocycles. The number of hydrogen-bond acceptors (Lipinski definition) is 5. The van der Waals surface area contributed by atoms with Gasteiger partial charge in [0.2, 0.25) is 5.91 Å². The molecule has 0 saturated heterocycles. The molecule has 6 nitrogen and oxygen atoms in total. The van der Waals surface area contributed by atoms with Crippen LogP contribution in [0.2, 0.25) is 0 Å². The lowest BCUT2D eigenvalue weighted by Crippen LogP contribution is -2.36. The van der Waals surface area contributed by atoms with Gasteiger partial charge in [0, 0.05) is 10.6 Å². The predicted octanol–water partition coefficient (Wildman–Crippen LogP) is 3.95. The zero-order chi connectivity index (χ0) is 21.5. The van der Waals surface area contributed by atoms with Crippen molar-refractivity contribution < 1.29 is 4.79 Å². The fourth-order valence-electron chi connectivity index (χ4n) is 3.37. The highest BCUT2D eigenvalue weighted by molar-refractivity contribution is 7.18. The summed E-state index contributed by atoms with van der Waals surface area (Å²) in [6.45, 7) is 10.1. The Morgan fingerprint density at radius 3 is 2.59 bits per heavy atom. The molecule has 0 aliphatic heterocycles. The molecule has 2 heterocycles. The van der Waals surface area contributed by atoms with Crippen LogP contribution in [0.25, 0.3) is 10.2 Å². The van der Waals surface area contributed by atoms with Gasteiger partial charge in [-0.2, -0.15) is 0 Å². The summed E-state index contributed by atoms with van der Waals surface area (Å²) in [5.41, 5.74) is 3.60. The number of benzene rings is 1. The summed E-state index contributed by atoms with van der Waals surface area (Å²) in [4.78, 5) is 35.0. The van der Waals surface area contributed by atoms with Crippen molar-refractivity contribution in [3.05, 3.63) is 55.9 Å². The van der Waals surface area contributed by atoms with Crippen LogP contribution < -0.4 is 10.9 Å². The lowest BCUT2D eigenvalue weighted by atomic mass is 10.1. The molecule has 1 unspecified atom stereocenters. The highest BCUT2D eigenvalue weighted by atomic mass is 32.1. The summed E-state index contributed by atoms with van der Waals surface area (Å²) < 4.78 is 1.54. The normalized spacial score (nSPS) is 12.6. The minimum atomic E-state index is -0.686. The van der Waals surface area contributed by atoms with Gasteiger partial charge in [-0.3, -0.25) is 14.2 Å². The van der Waals surface area contributed by atoms with E-state index in [1.165, 1.54) is 11.3 Å². The molecule has 1 aromatic carbocycles. The first-order chi connectivity index (χ1) is 13.6. The number of rotatable bonds is 5. The quantitative estimate of drug-likeness (QED) is 0.689. The molecule has 2 aromatic heterocycles. The number of nitrogens with one attached hydrogen (secondary N) is 1. The molecular weight excluding hydrogens is 384 g/mol. The highest BCUT2D eigenvalue weighted by Crippen LogP contribution is 2.27. The maximum atomic E-state index is 13.4. The number of amides is 1. The van der Waals surface area contributed by atoms with Crippen molar-refractivity contribution in [2.45, 2.75) is 47.2 Å². The van der Waals surface area contributed by atoms with E-state index in [-0.39, 0.29) is 11.5 Å². The summed E-state index contributed by atoms with van der Waals surface area (Å²) in [6.07, 6.45) is 0. The first-order valence-corrected chi connectivity index (χ1v) is 10.5. The molecule has 1 atom stereocenters. The summed E-state index contributed by atoms with van der Waals surface area (Å²) >= 11 is 1.53. The van der Waals surface area contributed by atoms with Crippen molar-refractivity contribution in [1.82, 2.24) is 14.5 Å². The second kappa shape index (κ2) is 8.08. The maximum absolute atomic E-state index is 13.4. The molecule has 0 fully saturated rings. The second-order valence-electron chi connectivity index (χ2n) is 7.89. The van der Waals surface area contributed by atoms with E-state index in [4.69, 9.17) is 4.98 Å². The maximum Gasteiger partial charge on any atom is 0.263 e. The number of fused-ring (bicyclic) bond motifs is 1. The van der Waals surface area contributed by atoms with Crippen molar-refractivity contribution in [3.63, 3.8) is 0 Å². The van der Waals surface area contributed by atoms with Crippen LogP contribution in [0.4, 0.5) is 5.69 Å². The van der Waals surface area contributed by atoms with Crippen LogP contribution in [0, 0.1) is 27.7 Å². The van der Waals surface area contributed by atoms with E-state index in [1.54, 1.807) is 11.5 Å². The van der Waals surface area contributed by atoms with E-state index in [2.05, 4.69) is 5.32 Å². The van der Waals surface area contributed by atoms with Gasteiger partial charge in [0.1, 0.15) is 16.7 Å². The van der Waals surface area contributed by atoms with Gasteiger partial charge in [-0.05, 0) is 71.5 Å². The third kappa shape index (κ3) is 4.11. The average molecular weight is 413 g/mol. The molecule has 7 heteroatoms. The van der Waals surface area contributed by atoms with Crippen LogP contribution in [0.15, 0.2) is 23.0 Å². The van der Waals surface area contributed by atoms with E-state index >= 15 is 0 Å². The van der Waals surface area contributed by atoms with E-state index in [0.717, 1.165) is 32.1 Å². The third-order valence-electron chi connectivity index (χ3n) is 5.18. The minimum absolute atomic E-state index is 0.155. The average Bonchev–Trinajstić information content (AvgIpc) is 2.91. The first kappa shape index (κ1) is 21.2. The van der Waals surface area contributed by atoms with Gasteiger partial charge in [0.15, 0.2) is 0 Å². The van der Waals surface area contributed by atoms with Crippen molar-refractivity contribution >= 4 is 33.1 Å². The number of carbonyl (C=O) groups excluding carboxylic acids is 1. The highest BCUT2D eigenvalue weighted by Gasteiger charge is 2.24. The van der Waals surface area contributed by atoms with Crippen LogP contribution in [-0.4, -0.2) is 34.5 Å². The molecule has 0 spiro atoms. The van der Waals surface area contributed by atoms with Crippen molar-refractivity contribution in [2.75, 3.05) is 19.4 Å². The summed E-state index contributed by atoms with van der Waals surface area (Å²) in [6, 6.07) is 5.24. The largest absolute Gasteiger partial charge is 0.324 e. The van der Waals surface area contributed by atoms with Gasteiger partial charge in [-0.15, -0.1) is 11.3 Å². The molecule has 0 aliphatic rings. The van der Waals surface area contributed by atoms with Gasteiger partial charge < -0.3 is 10.2 Å². The van der Waals surface area contributed by atoms with Gasteiger partial charge in [0.05, 0.1) is 11.9 Å². The van der Waals surface area contributed by atoms with E-state index in [1.807, 2.05) is 64.9 Å². The van der Waals surface area contributed by atoms with Gasteiger partial charge in [-0.1, -0.05) is 12.1 Å². The number of anilines is 1. The topological polar surface area (TPSA) is 67.2 Å². The number of nitrogens with zero attached hydrogens (tertiary/aromatic N) is 3.